The largest absolute Gasteiger partial charge is 0.482 e. The third kappa shape index (κ3) is 4.62. The second kappa shape index (κ2) is 9.34. The molecule has 30 heavy (non-hydrogen) atoms. The van der Waals surface area contributed by atoms with Crippen LogP contribution in [0.25, 0.3) is 0 Å². The molecule has 2 amide bonds. The summed E-state index contributed by atoms with van der Waals surface area (Å²) in [5, 5.41) is 2.69. The van der Waals surface area contributed by atoms with E-state index < -0.39 is 10.0 Å². The minimum Gasteiger partial charge on any atom is -0.482 e. The Labute approximate surface area is 178 Å². The van der Waals surface area contributed by atoms with Crippen LogP contribution in [-0.2, 0) is 19.6 Å². The lowest BCUT2D eigenvalue weighted by molar-refractivity contribution is -0.136. The molecule has 1 aromatic carbocycles. The number of nitrogens with zero attached hydrogens (tertiary/aromatic N) is 2. The summed E-state index contributed by atoms with van der Waals surface area (Å²) in [6, 6.07) is 3.10. The molecule has 3 rings (SSSR count). The number of aryl methyl sites for hydroxylation is 1. The van der Waals surface area contributed by atoms with Crippen LogP contribution in [0.4, 0.5) is 5.69 Å². The summed E-state index contributed by atoms with van der Waals surface area (Å²) in [7, 11) is -3.79. The van der Waals surface area contributed by atoms with Crippen LogP contribution in [0.3, 0.4) is 0 Å². The minimum absolute atomic E-state index is 0.0408. The molecule has 8 nitrogen and oxygen atoms in total. The van der Waals surface area contributed by atoms with Crippen molar-refractivity contribution in [3.8, 4) is 5.75 Å². The van der Waals surface area contributed by atoms with Gasteiger partial charge in [-0.3, -0.25) is 9.59 Å². The summed E-state index contributed by atoms with van der Waals surface area (Å²) in [5.41, 5.74) is 1.01. The molecule has 1 N–H and O–H groups in total. The number of piperidine rings is 1. The maximum Gasteiger partial charge on any atom is 0.262 e. The van der Waals surface area contributed by atoms with Gasteiger partial charge in [0.2, 0.25) is 15.9 Å². The highest BCUT2D eigenvalue weighted by Gasteiger charge is 2.36. The maximum absolute atomic E-state index is 13.4. The van der Waals surface area contributed by atoms with Gasteiger partial charge in [0.15, 0.2) is 6.61 Å². The number of amides is 2. The zero-order valence-electron chi connectivity index (χ0n) is 17.9. The monoisotopic (exact) mass is 437 g/mol. The number of rotatable bonds is 7. The summed E-state index contributed by atoms with van der Waals surface area (Å²) in [6.45, 7) is 7.53. The van der Waals surface area contributed by atoms with E-state index in [1.54, 1.807) is 13.0 Å². The first-order chi connectivity index (χ1) is 14.3. The van der Waals surface area contributed by atoms with E-state index in [-0.39, 0.29) is 35.8 Å². The highest BCUT2D eigenvalue weighted by Crippen LogP contribution is 2.35. The fourth-order valence-corrected chi connectivity index (χ4v) is 5.77. The lowest BCUT2D eigenvalue weighted by Crippen LogP contribution is -2.47. The fraction of sp³-hybridized carbons (Fsp3) is 0.619. The van der Waals surface area contributed by atoms with E-state index in [0.717, 1.165) is 12.8 Å². The van der Waals surface area contributed by atoms with Crippen molar-refractivity contribution >= 4 is 27.5 Å². The number of nitrogens with one attached hydrogen (secondary N) is 1. The standard InChI is InChI=1S/C21H31N3O5S/c1-4-6-9-23(5-2)21(26)16-8-7-10-24(13-16)30(27,28)19-12-18-17(11-15(19)3)22-20(25)14-29-18/h11-12,16H,4-10,13-14H2,1-3H3,(H,22,25). The van der Waals surface area contributed by atoms with Gasteiger partial charge >= 0.3 is 0 Å². The molecule has 1 aromatic rings. The van der Waals surface area contributed by atoms with Crippen molar-refractivity contribution in [2.45, 2.75) is 51.3 Å². The molecule has 2 aliphatic heterocycles. The topological polar surface area (TPSA) is 96.0 Å². The number of sulfonamides is 1. The lowest BCUT2D eigenvalue weighted by Gasteiger charge is -2.34. The van der Waals surface area contributed by atoms with Crippen LogP contribution in [0.1, 0.15) is 45.1 Å². The Morgan fingerprint density at radius 1 is 1.33 bits per heavy atom. The SMILES string of the molecule is CCCCN(CC)C(=O)C1CCCN(S(=O)(=O)c2cc3c(cc2C)NC(=O)CO3)C1. The van der Waals surface area contributed by atoms with Crippen LogP contribution in [0, 0.1) is 12.8 Å². The number of ether oxygens (including phenoxy) is 1. The Morgan fingerprint density at radius 2 is 2.10 bits per heavy atom. The van der Waals surface area contributed by atoms with Crippen molar-refractivity contribution in [3.63, 3.8) is 0 Å². The van der Waals surface area contributed by atoms with E-state index in [9.17, 15) is 18.0 Å². The average molecular weight is 438 g/mol. The number of carbonyl (C=O) groups excluding carboxylic acids is 2. The van der Waals surface area contributed by atoms with Gasteiger partial charge in [0.05, 0.1) is 16.5 Å². The third-order valence-electron chi connectivity index (χ3n) is 5.74. The van der Waals surface area contributed by atoms with E-state index in [2.05, 4.69) is 12.2 Å². The molecule has 166 valence electrons. The molecule has 0 saturated carbocycles. The van der Waals surface area contributed by atoms with Crippen LogP contribution in [0.5, 0.6) is 5.75 Å². The highest BCUT2D eigenvalue weighted by atomic mass is 32.2. The van der Waals surface area contributed by atoms with Gasteiger partial charge < -0.3 is 15.0 Å². The molecule has 1 saturated heterocycles. The molecule has 0 aliphatic carbocycles. The fourth-order valence-electron chi connectivity index (χ4n) is 4.03. The van der Waals surface area contributed by atoms with Crippen molar-refractivity contribution in [3.05, 3.63) is 17.7 Å². The molecule has 0 radical (unpaired) electrons. The maximum atomic E-state index is 13.4. The lowest BCUT2D eigenvalue weighted by atomic mass is 9.98. The Morgan fingerprint density at radius 3 is 2.80 bits per heavy atom. The Hall–Kier alpha value is -2.13. The number of hydrogen-bond acceptors (Lipinski definition) is 5. The van der Waals surface area contributed by atoms with Gasteiger partial charge in [0, 0.05) is 32.2 Å². The first-order valence-corrected chi connectivity index (χ1v) is 12.1. The molecule has 0 aromatic heterocycles. The number of fused-ring (bicyclic) bond motifs is 1. The van der Waals surface area contributed by atoms with E-state index in [4.69, 9.17) is 4.74 Å². The number of hydrogen-bond donors (Lipinski definition) is 1. The molecule has 9 heteroatoms. The number of benzene rings is 1. The van der Waals surface area contributed by atoms with E-state index in [0.29, 0.717) is 49.5 Å². The van der Waals surface area contributed by atoms with Crippen LogP contribution in [0.2, 0.25) is 0 Å². The van der Waals surface area contributed by atoms with Crippen molar-refractivity contribution < 1.29 is 22.7 Å². The van der Waals surface area contributed by atoms with Gasteiger partial charge in [0.1, 0.15) is 5.75 Å². The Balaban J connectivity index is 1.81. The molecule has 1 atom stereocenters. The van der Waals surface area contributed by atoms with Crippen molar-refractivity contribution in [2.75, 3.05) is 38.1 Å². The van der Waals surface area contributed by atoms with Crippen LogP contribution >= 0.6 is 0 Å². The highest BCUT2D eigenvalue weighted by molar-refractivity contribution is 7.89. The van der Waals surface area contributed by atoms with E-state index in [1.165, 1.54) is 10.4 Å². The second-order valence-electron chi connectivity index (χ2n) is 7.92. The molecular formula is C21H31N3O5S. The predicted molar refractivity (Wildman–Crippen MR) is 114 cm³/mol. The first kappa shape index (κ1) is 22.6. The molecule has 2 heterocycles. The molecule has 2 aliphatic rings. The number of unbranched alkanes of at least 4 members (excludes halogenated alkanes) is 1. The van der Waals surface area contributed by atoms with Gasteiger partial charge in [-0.25, -0.2) is 8.42 Å². The summed E-state index contributed by atoms with van der Waals surface area (Å²) in [5.74, 6) is -0.198. The molecule has 1 fully saturated rings. The zero-order chi connectivity index (χ0) is 21.9. The Bertz CT molecular complexity index is 915. The molecule has 0 bridgehead atoms. The normalized spacial score (nSPS) is 19.6. The van der Waals surface area contributed by atoms with Gasteiger partial charge in [-0.15, -0.1) is 0 Å². The minimum atomic E-state index is -3.79. The average Bonchev–Trinajstić information content (AvgIpc) is 2.73. The second-order valence-corrected chi connectivity index (χ2v) is 9.83. The van der Waals surface area contributed by atoms with Crippen molar-refractivity contribution in [1.82, 2.24) is 9.21 Å². The predicted octanol–water partition coefficient (Wildman–Crippen LogP) is 2.38. The van der Waals surface area contributed by atoms with Crippen LogP contribution in [-0.4, -0.2) is 62.2 Å². The van der Waals surface area contributed by atoms with Gasteiger partial charge in [-0.1, -0.05) is 13.3 Å². The summed E-state index contributed by atoms with van der Waals surface area (Å²) >= 11 is 0. The number of anilines is 1. The van der Waals surface area contributed by atoms with Gasteiger partial charge in [-0.05, 0) is 44.7 Å². The van der Waals surface area contributed by atoms with Crippen molar-refractivity contribution in [1.29, 1.82) is 0 Å². The van der Waals surface area contributed by atoms with Crippen LogP contribution < -0.4 is 10.1 Å². The third-order valence-corrected chi connectivity index (χ3v) is 7.74. The molecule has 0 spiro atoms. The molecular weight excluding hydrogens is 406 g/mol. The number of carbonyl (C=O) groups is 2. The smallest absolute Gasteiger partial charge is 0.262 e. The van der Waals surface area contributed by atoms with E-state index in [1.807, 2.05) is 11.8 Å². The Kier molecular flexibility index (Phi) is 7.02. The van der Waals surface area contributed by atoms with E-state index >= 15 is 0 Å². The van der Waals surface area contributed by atoms with Crippen molar-refractivity contribution in [2.24, 2.45) is 5.92 Å². The summed E-state index contributed by atoms with van der Waals surface area (Å²) in [6.07, 6.45) is 3.30. The van der Waals surface area contributed by atoms with Crippen LogP contribution in [0.15, 0.2) is 17.0 Å². The summed E-state index contributed by atoms with van der Waals surface area (Å²) in [4.78, 5) is 26.5. The van der Waals surface area contributed by atoms with Gasteiger partial charge in [0.25, 0.3) is 5.91 Å². The first-order valence-electron chi connectivity index (χ1n) is 10.6. The summed E-state index contributed by atoms with van der Waals surface area (Å²) < 4.78 is 33.6. The van der Waals surface area contributed by atoms with Gasteiger partial charge in [-0.2, -0.15) is 4.31 Å². The molecule has 1 unspecified atom stereocenters. The quantitative estimate of drug-likeness (QED) is 0.707. The zero-order valence-corrected chi connectivity index (χ0v) is 18.8.